The third-order valence-corrected chi connectivity index (χ3v) is 3.55. The Hall–Kier alpha value is -2.24. The molecule has 0 aromatic heterocycles. The molecule has 2 N–H and O–H groups in total. The minimum Gasteiger partial charge on any atom is -0.376 e. The van der Waals surface area contributed by atoms with Crippen LogP contribution in [0.5, 0.6) is 0 Å². The quantitative estimate of drug-likeness (QED) is 0.847. The Kier molecular flexibility index (Phi) is 6.06. The van der Waals surface area contributed by atoms with Crippen LogP contribution in [0.1, 0.15) is 10.4 Å². The van der Waals surface area contributed by atoms with Gasteiger partial charge in [0, 0.05) is 41.1 Å². The summed E-state index contributed by atoms with van der Waals surface area (Å²) in [6, 6.07) is 11.8. The van der Waals surface area contributed by atoms with E-state index in [0.29, 0.717) is 27.0 Å². The molecule has 126 valence electrons. The zero-order valence-electron chi connectivity index (χ0n) is 13.3. The molecular formula is C17H17Cl2N3O2. The van der Waals surface area contributed by atoms with Gasteiger partial charge in [-0.1, -0.05) is 29.3 Å². The number of halogens is 2. The van der Waals surface area contributed by atoms with Crippen LogP contribution in [-0.2, 0) is 4.79 Å². The van der Waals surface area contributed by atoms with Crippen molar-refractivity contribution in [3.05, 3.63) is 58.1 Å². The normalized spacial score (nSPS) is 10.2. The second-order valence-electron chi connectivity index (χ2n) is 5.34. The molecule has 5 nitrogen and oxygen atoms in total. The van der Waals surface area contributed by atoms with Crippen molar-refractivity contribution in [1.82, 2.24) is 4.90 Å². The number of rotatable bonds is 5. The maximum absolute atomic E-state index is 12.0. The van der Waals surface area contributed by atoms with Crippen LogP contribution in [-0.4, -0.2) is 37.4 Å². The van der Waals surface area contributed by atoms with Crippen molar-refractivity contribution in [2.45, 2.75) is 0 Å². The molecule has 0 aliphatic carbocycles. The largest absolute Gasteiger partial charge is 0.376 e. The third-order valence-electron chi connectivity index (χ3n) is 3.12. The van der Waals surface area contributed by atoms with Crippen LogP contribution in [0, 0.1) is 0 Å². The van der Waals surface area contributed by atoms with E-state index in [9.17, 15) is 9.59 Å². The summed E-state index contributed by atoms with van der Waals surface area (Å²) < 4.78 is 0. The summed E-state index contributed by atoms with van der Waals surface area (Å²) in [6.45, 7) is 0.0454. The molecule has 2 aromatic carbocycles. The highest BCUT2D eigenvalue weighted by molar-refractivity contribution is 6.35. The number of hydrogen-bond acceptors (Lipinski definition) is 3. The molecule has 0 heterocycles. The maximum atomic E-state index is 12.0. The molecule has 0 spiro atoms. The van der Waals surface area contributed by atoms with E-state index < -0.39 is 0 Å². The summed E-state index contributed by atoms with van der Waals surface area (Å²) in [7, 11) is 3.37. The third kappa shape index (κ3) is 5.15. The highest BCUT2D eigenvalue weighted by Gasteiger charge is 2.09. The molecule has 2 aromatic rings. The van der Waals surface area contributed by atoms with E-state index in [1.165, 1.54) is 4.90 Å². The summed E-state index contributed by atoms with van der Waals surface area (Å²) in [6.07, 6.45) is 0. The van der Waals surface area contributed by atoms with Crippen LogP contribution in [0.3, 0.4) is 0 Å². The molecule has 24 heavy (non-hydrogen) atoms. The number of anilines is 2. The average Bonchev–Trinajstić information content (AvgIpc) is 2.51. The molecule has 0 aliphatic heterocycles. The van der Waals surface area contributed by atoms with Gasteiger partial charge in [0.2, 0.25) is 5.91 Å². The van der Waals surface area contributed by atoms with Crippen molar-refractivity contribution in [3.8, 4) is 0 Å². The van der Waals surface area contributed by atoms with Crippen LogP contribution < -0.4 is 10.6 Å². The zero-order chi connectivity index (χ0) is 17.7. The summed E-state index contributed by atoms with van der Waals surface area (Å²) in [4.78, 5) is 25.4. The average molecular weight is 366 g/mol. The van der Waals surface area contributed by atoms with Gasteiger partial charge in [0.1, 0.15) is 0 Å². The van der Waals surface area contributed by atoms with E-state index in [1.54, 1.807) is 56.6 Å². The van der Waals surface area contributed by atoms with E-state index in [1.807, 2.05) is 0 Å². The fourth-order valence-corrected chi connectivity index (χ4v) is 2.56. The molecule has 0 bridgehead atoms. The predicted octanol–water partition coefficient (Wildman–Crippen LogP) is 3.75. The first kappa shape index (κ1) is 18.1. The zero-order valence-corrected chi connectivity index (χ0v) is 14.8. The van der Waals surface area contributed by atoms with Gasteiger partial charge in [-0.2, -0.15) is 0 Å². The number of carbonyl (C=O) groups is 2. The summed E-state index contributed by atoms with van der Waals surface area (Å²) in [5.41, 5.74) is 1.75. The lowest BCUT2D eigenvalue weighted by atomic mass is 10.2. The molecule has 0 radical (unpaired) electrons. The summed E-state index contributed by atoms with van der Waals surface area (Å²) in [5.74, 6) is -0.352. The fourth-order valence-electron chi connectivity index (χ4n) is 2.03. The Morgan fingerprint density at radius 3 is 2.29 bits per heavy atom. The molecule has 2 amide bonds. The van der Waals surface area contributed by atoms with E-state index in [4.69, 9.17) is 23.2 Å². The van der Waals surface area contributed by atoms with Crippen molar-refractivity contribution in [2.24, 2.45) is 0 Å². The molecule has 2 rings (SSSR count). The number of nitrogens with zero attached hydrogens (tertiary/aromatic N) is 1. The molecule has 7 heteroatoms. The second kappa shape index (κ2) is 8.04. The molecule has 0 saturated heterocycles. The highest BCUT2D eigenvalue weighted by atomic mass is 35.5. The second-order valence-corrected chi connectivity index (χ2v) is 6.21. The molecule has 0 unspecified atom stereocenters. The van der Waals surface area contributed by atoms with Crippen molar-refractivity contribution in [3.63, 3.8) is 0 Å². The number of hydrogen-bond donors (Lipinski definition) is 2. The molecule has 0 atom stereocenters. The standard InChI is InChI=1S/C17H17Cl2N3O2/c1-22(2)17(24)11-4-3-5-14(6-11)20-10-16(23)21-15-8-12(18)7-13(19)9-15/h3-9,20H,10H2,1-2H3,(H,21,23). The highest BCUT2D eigenvalue weighted by Crippen LogP contribution is 2.22. The van der Waals surface area contributed by atoms with E-state index >= 15 is 0 Å². The van der Waals surface area contributed by atoms with Crippen LogP contribution in [0.25, 0.3) is 0 Å². The molecular weight excluding hydrogens is 349 g/mol. The van der Waals surface area contributed by atoms with Gasteiger partial charge in [0.25, 0.3) is 5.91 Å². The predicted molar refractivity (Wildman–Crippen MR) is 98.0 cm³/mol. The van der Waals surface area contributed by atoms with Crippen molar-refractivity contribution >= 4 is 46.4 Å². The van der Waals surface area contributed by atoms with Gasteiger partial charge in [0.05, 0.1) is 6.54 Å². The Bertz CT molecular complexity index is 743. The maximum Gasteiger partial charge on any atom is 0.253 e. The summed E-state index contributed by atoms with van der Waals surface area (Å²) >= 11 is 11.8. The van der Waals surface area contributed by atoms with Crippen LogP contribution >= 0.6 is 23.2 Å². The number of carbonyl (C=O) groups excluding carboxylic acids is 2. The molecule has 0 saturated carbocycles. The van der Waals surface area contributed by atoms with E-state index in [-0.39, 0.29) is 18.4 Å². The van der Waals surface area contributed by atoms with Gasteiger partial charge >= 0.3 is 0 Å². The lowest BCUT2D eigenvalue weighted by Crippen LogP contribution is -2.23. The topological polar surface area (TPSA) is 61.4 Å². The van der Waals surface area contributed by atoms with Crippen molar-refractivity contribution in [2.75, 3.05) is 31.3 Å². The Labute approximate surface area is 150 Å². The molecule has 0 aliphatic rings. The Morgan fingerprint density at radius 1 is 1.00 bits per heavy atom. The molecule has 0 fully saturated rings. The monoisotopic (exact) mass is 365 g/mol. The van der Waals surface area contributed by atoms with Gasteiger partial charge in [-0.15, -0.1) is 0 Å². The first-order chi connectivity index (χ1) is 11.3. The fraction of sp³-hybridized carbons (Fsp3) is 0.176. The number of benzene rings is 2. The minimum absolute atomic E-state index is 0.0454. The van der Waals surface area contributed by atoms with Crippen LogP contribution in [0.2, 0.25) is 10.0 Å². The number of nitrogens with one attached hydrogen (secondary N) is 2. The van der Waals surface area contributed by atoms with Crippen molar-refractivity contribution in [1.29, 1.82) is 0 Å². The van der Waals surface area contributed by atoms with Gasteiger partial charge in [-0.05, 0) is 36.4 Å². The van der Waals surface area contributed by atoms with Gasteiger partial charge in [-0.3, -0.25) is 9.59 Å². The van der Waals surface area contributed by atoms with E-state index in [2.05, 4.69) is 10.6 Å². The summed E-state index contributed by atoms with van der Waals surface area (Å²) in [5, 5.41) is 6.57. The van der Waals surface area contributed by atoms with E-state index in [0.717, 1.165) is 0 Å². The smallest absolute Gasteiger partial charge is 0.253 e. The first-order valence-corrected chi connectivity index (χ1v) is 7.92. The van der Waals surface area contributed by atoms with Crippen molar-refractivity contribution < 1.29 is 9.59 Å². The lowest BCUT2D eigenvalue weighted by Gasteiger charge is -2.12. The van der Waals surface area contributed by atoms with Crippen LogP contribution in [0.4, 0.5) is 11.4 Å². The van der Waals surface area contributed by atoms with Crippen LogP contribution in [0.15, 0.2) is 42.5 Å². The Balaban J connectivity index is 1.96. The van der Waals surface area contributed by atoms with Gasteiger partial charge in [0.15, 0.2) is 0 Å². The van der Waals surface area contributed by atoms with Gasteiger partial charge in [-0.25, -0.2) is 0 Å². The van der Waals surface area contributed by atoms with Gasteiger partial charge < -0.3 is 15.5 Å². The first-order valence-electron chi connectivity index (χ1n) is 7.16. The minimum atomic E-state index is -0.252. The number of amides is 2. The Morgan fingerprint density at radius 2 is 1.67 bits per heavy atom. The SMILES string of the molecule is CN(C)C(=O)c1cccc(NCC(=O)Nc2cc(Cl)cc(Cl)c2)c1. The lowest BCUT2D eigenvalue weighted by molar-refractivity contribution is -0.114.